The normalized spacial score (nSPS) is 16.5. The van der Waals surface area contributed by atoms with Crippen LogP contribution < -0.4 is 14.9 Å². The summed E-state index contributed by atoms with van der Waals surface area (Å²) in [6, 6.07) is 10.9. The molecule has 1 saturated heterocycles. The Balaban J connectivity index is 1.32. The monoisotopic (exact) mass is 474 g/mol. The summed E-state index contributed by atoms with van der Waals surface area (Å²) >= 11 is 1.62. The molecule has 32 heavy (non-hydrogen) atoms. The number of amides is 1. The molecule has 1 aliphatic heterocycles. The first kappa shape index (κ1) is 22.2. The van der Waals surface area contributed by atoms with Crippen molar-refractivity contribution < 1.29 is 17.6 Å². The van der Waals surface area contributed by atoms with Gasteiger partial charge >= 0.3 is 0 Å². The number of halogens is 1. The van der Waals surface area contributed by atoms with E-state index < -0.39 is 15.8 Å². The van der Waals surface area contributed by atoms with E-state index in [1.54, 1.807) is 29.7 Å². The quantitative estimate of drug-likeness (QED) is 0.545. The summed E-state index contributed by atoms with van der Waals surface area (Å²) in [4.78, 5) is 19.0. The number of nitrogens with zero attached hydrogens (tertiary/aromatic N) is 2. The molecule has 0 spiro atoms. The zero-order chi connectivity index (χ0) is 22.6. The van der Waals surface area contributed by atoms with Gasteiger partial charge in [0.05, 0.1) is 4.90 Å². The lowest BCUT2D eigenvalue weighted by atomic mass is 9.98. The molecule has 0 saturated carbocycles. The second-order valence-corrected chi connectivity index (χ2v) is 10.2. The molecule has 0 bridgehead atoms. The van der Waals surface area contributed by atoms with E-state index in [9.17, 15) is 17.6 Å². The van der Waals surface area contributed by atoms with Crippen LogP contribution in [0.25, 0.3) is 0 Å². The highest BCUT2D eigenvalue weighted by molar-refractivity contribution is 7.92. The van der Waals surface area contributed by atoms with E-state index in [1.165, 1.54) is 30.3 Å². The van der Waals surface area contributed by atoms with Gasteiger partial charge in [-0.25, -0.2) is 17.8 Å². The molecule has 1 aliphatic rings. The molecule has 4 rings (SSSR count). The number of carbonyl (C=O) groups is 1. The minimum Gasteiger partial charge on any atom is -0.352 e. The molecule has 2 heterocycles. The van der Waals surface area contributed by atoms with Gasteiger partial charge in [0.2, 0.25) is 0 Å². The van der Waals surface area contributed by atoms with Crippen molar-refractivity contribution in [3.8, 4) is 0 Å². The summed E-state index contributed by atoms with van der Waals surface area (Å²) < 4.78 is 40.5. The molecule has 10 heteroatoms. The number of hydrogen-bond donors (Lipinski definition) is 2. The van der Waals surface area contributed by atoms with E-state index in [0.717, 1.165) is 37.1 Å². The molecule has 2 aromatic carbocycles. The van der Waals surface area contributed by atoms with Crippen molar-refractivity contribution in [2.75, 3.05) is 29.3 Å². The average Bonchev–Trinajstić information content (AvgIpc) is 3.33. The van der Waals surface area contributed by atoms with Crippen molar-refractivity contribution >= 4 is 38.1 Å². The predicted octanol–water partition coefficient (Wildman–Crippen LogP) is 3.73. The molecule has 0 aliphatic carbocycles. The van der Waals surface area contributed by atoms with E-state index in [4.69, 9.17) is 0 Å². The van der Waals surface area contributed by atoms with Crippen molar-refractivity contribution in [1.29, 1.82) is 0 Å². The predicted molar refractivity (Wildman–Crippen MR) is 123 cm³/mol. The van der Waals surface area contributed by atoms with Crippen molar-refractivity contribution in [3.05, 3.63) is 71.5 Å². The first-order valence-corrected chi connectivity index (χ1v) is 12.6. The average molecular weight is 475 g/mol. The summed E-state index contributed by atoms with van der Waals surface area (Å²) in [7, 11) is -3.92. The van der Waals surface area contributed by atoms with Crippen molar-refractivity contribution in [2.45, 2.75) is 17.7 Å². The largest absolute Gasteiger partial charge is 0.352 e. The van der Waals surface area contributed by atoms with Gasteiger partial charge in [-0.05, 0) is 61.2 Å². The number of thiazole rings is 1. The summed E-state index contributed by atoms with van der Waals surface area (Å²) in [6.45, 7) is 2.40. The van der Waals surface area contributed by atoms with E-state index in [-0.39, 0.29) is 16.5 Å². The van der Waals surface area contributed by atoms with Gasteiger partial charge in [-0.15, -0.1) is 11.3 Å². The summed E-state index contributed by atoms with van der Waals surface area (Å²) in [5.74, 6) is -0.502. The maximum absolute atomic E-state index is 13.3. The van der Waals surface area contributed by atoms with Crippen LogP contribution in [0.1, 0.15) is 23.2 Å². The van der Waals surface area contributed by atoms with Gasteiger partial charge in [-0.2, -0.15) is 0 Å². The fourth-order valence-electron chi connectivity index (χ4n) is 3.65. The number of carbonyl (C=O) groups excluding carboxylic acids is 1. The third kappa shape index (κ3) is 5.43. The van der Waals surface area contributed by atoms with Gasteiger partial charge in [0.1, 0.15) is 5.82 Å². The molecule has 1 unspecified atom stereocenters. The third-order valence-electron chi connectivity index (χ3n) is 5.27. The lowest BCUT2D eigenvalue weighted by Crippen LogP contribution is -2.41. The fourth-order valence-corrected chi connectivity index (χ4v) is 5.42. The van der Waals surface area contributed by atoms with Gasteiger partial charge in [0.15, 0.2) is 5.13 Å². The van der Waals surface area contributed by atoms with Gasteiger partial charge in [0, 0.05) is 42.5 Å². The Bertz CT molecular complexity index is 1170. The SMILES string of the molecule is O=C(NCC1CCCN(c2nccs2)C1)c1ccc(NS(=O)(=O)c2cccc(F)c2)cc1. The number of anilines is 2. The second kappa shape index (κ2) is 9.66. The van der Waals surface area contributed by atoms with E-state index in [2.05, 4.69) is 19.9 Å². The minimum absolute atomic E-state index is 0.168. The zero-order valence-corrected chi connectivity index (χ0v) is 18.8. The van der Waals surface area contributed by atoms with E-state index >= 15 is 0 Å². The Kier molecular flexibility index (Phi) is 6.71. The maximum Gasteiger partial charge on any atom is 0.261 e. The van der Waals surface area contributed by atoms with Crippen molar-refractivity contribution in [1.82, 2.24) is 10.3 Å². The molecular formula is C22H23FN4O3S2. The summed E-state index contributed by atoms with van der Waals surface area (Å²) in [5.41, 5.74) is 0.725. The van der Waals surface area contributed by atoms with Crippen LogP contribution in [0.15, 0.2) is 65.0 Å². The van der Waals surface area contributed by atoms with Gasteiger partial charge in [0.25, 0.3) is 15.9 Å². The van der Waals surface area contributed by atoms with Crippen LogP contribution in [-0.4, -0.2) is 38.9 Å². The van der Waals surface area contributed by atoms with Crippen LogP contribution in [0.2, 0.25) is 0 Å². The molecule has 1 fully saturated rings. The molecule has 1 amide bonds. The van der Waals surface area contributed by atoms with E-state index in [0.29, 0.717) is 18.0 Å². The third-order valence-corrected chi connectivity index (χ3v) is 7.48. The van der Waals surface area contributed by atoms with Gasteiger partial charge in [-0.1, -0.05) is 6.07 Å². The van der Waals surface area contributed by atoms with Crippen LogP contribution in [0.5, 0.6) is 0 Å². The number of benzene rings is 2. The Hall–Kier alpha value is -2.98. The first-order valence-electron chi connectivity index (χ1n) is 10.2. The number of sulfonamides is 1. The highest BCUT2D eigenvalue weighted by Crippen LogP contribution is 2.24. The standard InChI is InChI=1S/C22H23FN4O3S2/c23-18-4-1-5-20(13-18)32(29,30)26-19-8-6-17(7-9-19)21(28)25-14-16-3-2-11-27(15-16)22-24-10-12-31-22/h1,4-10,12-13,16,26H,2-3,11,14-15H2,(H,25,28). The molecule has 3 aromatic rings. The lowest BCUT2D eigenvalue weighted by molar-refractivity contribution is 0.0945. The van der Waals surface area contributed by atoms with Crippen LogP contribution in [0.4, 0.5) is 15.2 Å². The fraction of sp³-hybridized carbons (Fsp3) is 0.273. The summed E-state index contributed by atoms with van der Waals surface area (Å²) in [5, 5.41) is 5.94. The highest BCUT2D eigenvalue weighted by Gasteiger charge is 2.22. The molecule has 7 nitrogen and oxygen atoms in total. The molecular weight excluding hydrogens is 451 g/mol. The number of hydrogen-bond acceptors (Lipinski definition) is 6. The smallest absolute Gasteiger partial charge is 0.261 e. The Morgan fingerprint density at radius 2 is 2.03 bits per heavy atom. The first-order chi connectivity index (χ1) is 15.4. The van der Waals surface area contributed by atoms with Crippen LogP contribution in [-0.2, 0) is 10.0 Å². The van der Waals surface area contributed by atoms with Crippen molar-refractivity contribution in [3.63, 3.8) is 0 Å². The van der Waals surface area contributed by atoms with Gasteiger partial charge in [-0.3, -0.25) is 9.52 Å². The molecule has 2 N–H and O–H groups in total. The van der Waals surface area contributed by atoms with Crippen molar-refractivity contribution in [2.24, 2.45) is 5.92 Å². The number of piperidine rings is 1. The Morgan fingerprint density at radius 3 is 2.75 bits per heavy atom. The molecule has 1 atom stereocenters. The minimum atomic E-state index is -3.92. The Labute approximate surface area is 190 Å². The lowest BCUT2D eigenvalue weighted by Gasteiger charge is -2.32. The number of rotatable bonds is 7. The molecule has 0 radical (unpaired) electrons. The number of aromatic nitrogens is 1. The van der Waals surface area contributed by atoms with Crippen LogP contribution >= 0.6 is 11.3 Å². The topological polar surface area (TPSA) is 91.4 Å². The summed E-state index contributed by atoms with van der Waals surface area (Å²) in [6.07, 6.45) is 3.90. The van der Waals surface area contributed by atoms with Gasteiger partial charge < -0.3 is 10.2 Å². The zero-order valence-electron chi connectivity index (χ0n) is 17.2. The maximum atomic E-state index is 13.3. The van der Waals surface area contributed by atoms with Crippen LogP contribution in [0, 0.1) is 11.7 Å². The van der Waals surface area contributed by atoms with E-state index in [1.807, 2.05) is 5.38 Å². The second-order valence-electron chi connectivity index (χ2n) is 7.62. The van der Waals surface area contributed by atoms with Crippen LogP contribution in [0.3, 0.4) is 0 Å². The Morgan fingerprint density at radius 1 is 1.22 bits per heavy atom. The number of nitrogens with one attached hydrogen (secondary N) is 2. The molecule has 1 aromatic heterocycles. The highest BCUT2D eigenvalue weighted by atomic mass is 32.2. The molecule has 168 valence electrons.